The summed E-state index contributed by atoms with van der Waals surface area (Å²) in [7, 11) is 1.68. The van der Waals surface area contributed by atoms with Crippen LogP contribution in [0.25, 0.3) is 0 Å². The lowest BCUT2D eigenvalue weighted by Gasteiger charge is -2.41. The molecular formula is C15H21NO3. The van der Waals surface area contributed by atoms with Crippen molar-refractivity contribution in [3.05, 3.63) is 23.8 Å². The van der Waals surface area contributed by atoms with Crippen molar-refractivity contribution in [3.63, 3.8) is 0 Å². The van der Waals surface area contributed by atoms with Gasteiger partial charge >= 0.3 is 0 Å². The number of para-hydroxylation sites is 1. The molecule has 2 N–H and O–H groups in total. The molecule has 104 valence electrons. The highest BCUT2D eigenvalue weighted by molar-refractivity contribution is 5.50. The average molecular weight is 263 g/mol. The first kappa shape index (κ1) is 12.8. The number of methoxy groups -OCH3 is 1. The molecule has 2 aliphatic rings. The molecule has 4 nitrogen and oxygen atoms in total. The monoisotopic (exact) mass is 263 g/mol. The van der Waals surface area contributed by atoms with Crippen LogP contribution < -0.4 is 15.2 Å². The summed E-state index contributed by atoms with van der Waals surface area (Å²) in [6.07, 6.45) is 1.74. The van der Waals surface area contributed by atoms with Crippen molar-refractivity contribution in [2.75, 3.05) is 7.11 Å². The smallest absolute Gasteiger partial charge is 0.165 e. The summed E-state index contributed by atoms with van der Waals surface area (Å²) in [6.45, 7) is 4.18. The molecule has 1 aromatic carbocycles. The van der Waals surface area contributed by atoms with Gasteiger partial charge in [-0.25, -0.2) is 0 Å². The molecule has 1 saturated carbocycles. The predicted molar refractivity (Wildman–Crippen MR) is 72.7 cm³/mol. The predicted octanol–water partition coefficient (Wildman–Crippen LogP) is 1.89. The third kappa shape index (κ3) is 2.19. The minimum absolute atomic E-state index is 0.0229. The van der Waals surface area contributed by atoms with Crippen LogP contribution in [0.15, 0.2) is 18.2 Å². The Morgan fingerprint density at radius 3 is 2.84 bits per heavy atom. The van der Waals surface area contributed by atoms with Crippen LogP contribution >= 0.6 is 0 Å². The van der Waals surface area contributed by atoms with E-state index in [0.29, 0.717) is 0 Å². The van der Waals surface area contributed by atoms with Crippen LogP contribution in [0.4, 0.5) is 0 Å². The highest BCUT2D eigenvalue weighted by atomic mass is 16.6. The molecular weight excluding hydrogens is 242 g/mol. The molecule has 1 aromatic rings. The van der Waals surface area contributed by atoms with E-state index < -0.39 is 0 Å². The van der Waals surface area contributed by atoms with Gasteiger partial charge in [-0.1, -0.05) is 12.1 Å². The Kier molecular flexibility index (Phi) is 2.95. The fourth-order valence-electron chi connectivity index (χ4n) is 2.90. The van der Waals surface area contributed by atoms with Crippen LogP contribution in [0.3, 0.4) is 0 Å². The van der Waals surface area contributed by atoms with Gasteiger partial charge in [0, 0.05) is 31.6 Å². The maximum atomic E-state index is 6.03. The van der Waals surface area contributed by atoms with Crippen LogP contribution in [0, 0.1) is 0 Å². The molecule has 0 spiro atoms. The molecule has 1 aliphatic heterocycles. The van der Waals surface area contributed by atoms with Gasteiger partial charge in [0.2, 0.25) is 0 Å². The number of hydrogen-bond donors (Lipinski definition) is 1. The summed E-state index contributed by atoms with van der Waals surface area (Å²) in [6, 6.07) is 6.14. The zero-order chi connectivity index (χ0) is 13.6. The molecule has 3 unspecified atom stereocenters. The number of rotatable bonds is 3. The van der Waals surface area contributed by atoms with Crippen molar-refractivity contribution in [3.8, 4) is 11.5 Å². The zero-order valence-electron chi connectivity index (χ0n) is 11.7. The Bertz CT molecular complexity index is 486. The maximum absolute atomic E-state index is 6.03. The number of ether oxygens (including phenoxy) is 3. The fourth-order valence-corrected chi connectivity index (χ4v) is 2.90. The molecule has 0 bridgehead atoms. The number of hydrogen-bond acceptors (Lipinski definition) is 4. The van der Waals surface area contributed by atoms with Crippen LogP contribution in [0.1, 0.15) is 25.8 Å². The van der Waals surface area contributed by atoms with E-state index in [0.717, 1.165) is 24.3 Å². The average Bonchev–Trinajstić information content (AvgIpc) is 2.63. The van der Waals surface area contributed by atoms with E-state index in [1.807, 2.05) is 12.1 Å². The summed E-state index contributed by atoms with van der Waals surface area (Å²) in [5, 5.41) is 0. The fraction of sp³-hybridized carbons (Fsp3) is 0.600. The summed E-state index contributed by atoms with van der Waals surface area (Å²) in [4.78, 5) is 0. The minimum Gasteiger partial charge on any atom is -0.484 e. The van der Waals surface area contributed by atoms with Crippen molar-refractivity contribution >= 4 is 0 Å². The summed E-state index contributed by atoms with van der Waals surface area (Å²) < 4.78 is 17.4. The maximum Gasteiger partial charge on any atom is 0.165 e. The van der Waals surface area contributed by atoms with Crippen LogP contribution in [-0.2, 0) is 11.2 Å². The van der Waals surface area contributed by atoms with E-state index in [4.69, 9.17) is 19.9 Å². The second-order valence-electron chi connectivity index (χ2n) is 6.04. The van der Waals surface area contributed by atoms with Gasteiger partial charge in [0.25, 0.3) is 0 Å². The van der Waals surface area contributed by atoms with Gasteiger partial charge in [0.15, 0.2) is 11.5 Å². The first-order chi connectivity index (χ1) is 9.00. The van der Waals surface area contributed by atoms with Gasteiger partial charge in [0.1, 0.15) is 17.8 Å². The third-order valence-corrected chi connectivity index (χ3v) is 3.90. The molecule has 1 fully saturated rings. The summed E-state index contributed by atoms with van der Waals surface area (Å²) >= 11 is 0. The molecule has 3 atom stereocenters. The SMILES string of the molecule is COC1C(N)CC1Oc1cccc2c1OC(C)(C)C2. The molecule has 4 heteroatoms. The van der Waals surface area contributed by atoms with E-state index in [1.165, 1.54) is 5.56 Å². The lowest BCUT2D eigenvalue weighted by molar-refractivity contribution is -0.0792. The molecule has 1 aliphatic carbocycles. The van der Waals surface area contributed by atoms with Crippen molar-refractivity contribution in [2.45, 2.75) is 50.5 Å². The molecule has 0 radical (unpaired) electrons. The first-order valence-electron chi connectivity index (χ1n) is 6.76. The lowest BCUT2D eigenvalue weighted by Crippen LogP contribution is -2.59. The number of fused-ring (bicyclic) bond motifs is 1. The second-order valence-corrected chi connectivity index (χ2v) is 6.04. The largest absolute Gasteiger partial charge is 0.484 e. The molecule has 19 heavy (non-hydrogen) atoms. The number of nitrogens with two attached hydrogens (primary N) is 1. The van der Waals surface area contributed by atoms with Crippen molar-refractivity contribution in [2.24, 2.45) is 5.73 Å². The summed E-state index contributed by atoms with van der Waals surface area (Å²) in [5.41, 5.74) is 6.95. The van der Waals surface area contributed by atoms with E-state index in [-0.39, 0.29) is 23.9 Å². The minimum atomic E-state index is -0.154. The Morgan fingerprint density at radius 2 is 2.16 bits per heavy atom. The van der Waals surface area contributed by atoms with Gasteiger partial charge in [-0.15, -0.1) is 0 Å². The molecule has 0 saturated heterocycles. The van der Waals surface area contributed by atoms with Gasteiger partial charge in [-0.3, -0.25) is 0 Å². The molecule has 0 aromatic heterocycles. The quantitative estimate of drug-likeness (QED) is 0.905. The van der Waals surface area contributed by atoms with Gasteiger partial charge in [0.05, 0.1) is 0 Å². The number of benzene rings is 1. The Morgan fingerprint density at radius 1 is 1.37 bits per heavy atom. The van der Waals surface area contributed by atoms with E-state index in [1.54, 1.807) is 7.11 Å². The van der Waals surface area contributed by atoms with Gasteiger partial charge in [-0.2, -0.15) is 0 Å². The van der Waals surface area contributed by atoms with Crippen molar-refractivity contribution in [1.82, 2.24) is 0 Å². The molecule has 3 rings (SSSR count). The molecule has 0 amide bonds. The van der Waals surface area contributed by atoms with Crippen molar-refractivity contribution < 1.29 is 14.2 Å². The normalized spacial score (nSPS) is 31.3. The third-order valence-electron chi connectivity index (χ3n) is 3.90. The zero-order valence-corrected chi connectivity index (χ0v) is 11.7. The van der Waals surface area contributed by atoms with Crippen LogP contribution in [0.5, 0.6) is 11.5 Å². The first-order valence-corrected chi connectivity index (χ1v) is 6.76. The van der Waals surface area contributed by atoms with E-state index in [2.05, 4.69) is 19.9 Å². The highest BCUT2D eigenvalue weighted by Gasteiger charge is 2.42. The Hall–Kier alpha value is -1.26. The topological polar surface area (TPSA) is 53.7 Å². The second kappa shape index (κ2) is 4.39. The van der Waals surface area contributed by atoms with E-state index in [9.17, 15) is 0 Å². The van der Waals surface area contributed by atoms with Gasteiger partial charge < -0.3 is 19.9 Å². The Balaban J connectivity index is 1.79. The summed E-state index contributed by atoms with van der Waals surface area (Å²) in [5.74, 6) is 1.69. The van der Waals surface area contributed by atoms with Crippen LogP contribution in [-0.4, -0.2) is 31.0 Å². The highest BCUT2D eigenvalue weighted by Crippen LogP contribution is 2.43. The molecule has 1 heterocycles. The van der Waals surface area contributed by atoms with Gasteiger partial charge in [-0.05, 0) is 19.9 Å². The Labute approximate surface area is 113 Å². The standard InChI is InChI=1S/C15H21NO3/c1-15(2)8-9-5-4-6-11(13(9)19-15)18-12-7-10(16)14(12)17-3/h4-6,10,12,14H,7-8,16H2,1-3H3. The van der Waals surface area contributed by atoms with E-state index >= 15 is 0 Å². The van der Waals surface area contributed by atoms with Crippen molar-refractivity contribution in [1.29, 1.82) is 0 Å². The lowest BCUT2D eigenvalue weighted by atomic mass is 9.86. The van der Waals surface area contributed by atoms with Crippen LogP contribution in [0.2, 0.25) is 0 Å².